The van der Waals surface area contributed by atoms with Crippen LogP contribution in [-0.4, -0.2) is 4.98 Å². The summed E-state index contributed by atoms with van der Waals surface area (Å²) in [5, 5.41) is 2.01. The lowest BCUT2D eigenvalue weighted by atomic mass is 9.85. The minimum atomic E-state index is -0.976. The summed E-state index contributed by atoms with van der Waals surface area (Å²) < 4.78 is 40.3. The number of rotatable bonds is 2. The van der Waals surface area contributed by atoms with E-state index in [4.69, 9.17) is 9.90 Å². The van der Waals surface area contributed by atoms with Crippen LogP contribution in [0.2, 0.25) is 0 Å². The summed E-state index contributed by atoms with van der Waals surface area (Å²) in [6.45, 7) is 0. The highest BCUT2D eigenvalue weighted by Crippen LogP contribution is 2.34. The number of furan rings is 1. The predicted octanol–water partition coefficient (Wildman–Crippen LogP) is 6.70. The predicted molar refractivity (Wildman–Crippen MR) is 103 cm³/mol. The molecule has 1 aliphatic rings. The summed E-state index contributed by atoms with van der Waals surface area (Å²) in [6.07, 6.45) is 4.10. The Labute approximate surface area is 153 Å². The summed E-state index contributed by atoms with van der Waals surface area (Å²) in [4.78, 5) is 4.38. The van der Waals surface area contributed by atoms with Crippen molar-refractivity contribution >= 4 is 21.9 Å². The van der Waals surface area contributed by atoms with Gasteiger partial charge in [-0.05, 0) is 48.5 Å². The van der Waals surface area contributed by atoms with Gasteiger partial charge < -0.3 is 4.42 Å². The van der Waals surface area contributed by atoms with Crippen molar-refractivity contribution in [1.29, 1.82) is 0 Å². The standard InChI is InChI=1S/C23H21NO/c1-2-6-16(7-3-1)18-11-13-21(24-15-18)17-10-12-20-19-8-4-5-9-22(19)25-23(20)14-17/h4-5,8-16H,1-3,6-7H2/i11D,13D,15D,16D. The van der Waals surface area contributed by atoms with Crippen LogP contribution in [0.4, 0.5) is 0 Å². The molecule has 1 aliphatic carbocycles. The van der Waals surface area contributed by atoms with E-state index in [9.17, 15) is 0 Å². The number of para-hydroxylation sites is 1. The molecule has 5 rings (SSSR count). The van der Waals surface area contributed by atoms with Crippen LogP contribution in [0.5, 0.6) is 0 Å². The SMILES string of the molecule is [2H]c1nc(-c2ccc3c(c2)oc2ccccc23)c([2H])c([2H])c1C1([2H])CCCCC1. The second-order valence-corrected chi connectivity index (χ2v) is 6.67. The van der Waals surface area contributed by atoms with Crippen LogP contribution in [-0.2, 0) is 0 Å². The Hall–Kier alpha value is -2.61. The molecule has 0 amide bonds. The number of hydrogen-bond acceptors (Lipinski definition) is 2. The zero-order valence-corrected chi connectivity index (χ0v) is 13.9. The van der Waals surface area contributed by atoms with E-state index < -0.39 is 5.89 Å². The van der Waals surface area contributed by atoms with Gasteiger partial charge in [-0.1, -0.05) is 49.6 Å². The number of pyridine rings is 1. The van der Waals surface area contributed by atoms with Gasteiger partial charge in [-0.3, -0.25) is 4.98 Å². The Balaban J connectivity index is 1.65. The van der Waals surface area contributed by atoms with Gasteiger partial charge in [-0.15, -0.1) is 0 Å². The van der Waals surface area contributed by atoms with Crippen LogP contribution in [0.25, 0.3) is 33.2 Å². The maximum Gasteiger partial charge on any atom is 0.136 e. The Bertz CT molecular complexity index is 1240. The van der Waals surface area contributed by atoms with Crippen LogP contribution in [0, 0.1) is 0 Å². The van der Waals surface area contributed by atoms with Crippen molar-refractivity contribution in [1.82, 2.24) is 4.98 Å². The third kappa shape index (κ3) is 2.62. The molecule has 2 aromatic carbocycles. The first-order chi connectivity index (χ1) is 14.0. The third-order valence-corrected chi connectivity index (χ3v) is 5.05. The molecule has 0 atom stereocenters. The summed E-state index contributed by atoms with van der Waals surface area (Å²) in [5.74, 6) is -0.976. The topological polar surface area (TPSA) is 26.0 Å². The molecule has 2 heterocycles. The quantitative estimate of drug-likeness (QED) is 0.408. The van der Waals surface area contributed by atoms with E-state index >= 15 is 0 Å². The lowest BCUT2D eigenvalue weighted by Crippen LogP contribution is -2.04. The van der Waals surface area contributed by atoms with E-state index in [0.29, 0.717) is 35.2 Å². The number of fused-ring (bicyclic) bond motifs is 3. The van der Waals surface area contributed by atoms with Crippen molar-refractivity contribution in [3.05, 3.63) is 66.3 Å². The second kappa shape index (κ2) is 6.03. The fourth-order valence-electron chi connectivity index (χ4n) is 3.70. The molecule has 0 N–H and O–H groups in total. The molecule has 2 aromatic heterocycles. The molecule has 1 fully saturated rings. The molecule has 124 valence electrons. The van der Waals surface area contributed by atoms with E-state index in [0.717, 1.165) is 35.6 Å². The fraction of sp³-hybridized carbons (Fsp3) is 0.261. The highest BCUT2D eigenvalue weighted by Gasteiger charge is 2.16. The summed E-state index contributed by atoms with van der Waals surface area (Å²) in [7, 11) is 0. The van der Waals surface area contributed by atoms with Gasteiger partial charge in [0.2, 0.25) is 0 Å². The molecule has 0 unspecified atom stereocenters. The van der Waals surface area contributed by atoms with Crippen molar-refractivity contribution in [3.8, 4) is 11.3 Å². The van der Waals surface area contributed by atoms with Crippen LogP contribution in [0.15, 0.2) is 65.1 Å². The average molecular weight is 331 g/mol. The van der Waals surface area contributed by atoms with Gasteiger partial charge in [0, 0.05) is 23.9 Å². The highest BCUT2D eigenvalue weighted by molar-refractivity contribution is 6.05. The van der Waals surface area contributed by atoms with Crippen LogP contribution in [0.3, 0.4) is 0 Å². The van der Waals surface area contributed by atoms with E-state index in [1.165, 1.54) is 0 Å². The number of nitrogens with zero attached hydrogens (tertiary/aromatic N) is 1. The molecule has 4 aromatic rings. The van der Waals surface area contributed by atoms with Gasteiger partial charge >= 0.3 is 0 Å². The molecule has 0 radical (unpaired) electrons. The molecular formula is C23H21NO. The molecule has 25 heavy (non-hydrogen) atoms. The Morgan fingerprint density at radius 2 is 1.80 bits per heavy atom. The third-order valence-electron chi connectivity index (χ3n) is 5.05. The van der Waals surface area contributed by atoms with E-state index in [1.807, 2.05) is 42.5 Å². The molecule has 0 spiro atoms. The van der Waals surface area contributed by atoms with Crippen LogP contribution >= 0.6 is 0 Å². The zero-order chi connectivity index (χ0) is 20.2. The number of benzene rings is 2. The molecule has 0 bridgehead atoms. The zero-order valence-electron chi connectivity index (χ0n) is 17.9. The lowest BCUT2D eigenvalue weighted by Gasteiger charge is -2.21. The minimum Gasteiger partial charge on any atom is -0.456 e. The van der Waals surface area contributed by atoms with Gasteiger partial charge in [-0.2, -0.15) is 0 Å². The smallest absolute Gasteiger partial charge is 0.136 e. The summed E-state index contributed by atoms with van der Waals surface area (Å²) in [5.41, 5.74) is 2.74. The van der Waals surface area contributed by atoms with E-state index in [-0.39, 0.29) is 18.3 Å². The first kappa shape index (κ1) is 11.1. The molecular weight excluding hydrogens is 306 g/mol. The van der Waals surface area contributed by atoms with E-state index in [2.05, 4.69) is 4.98 Å². The Kier molecular flexibility index (Phi) is 2.68. The van der Waals surface area contributed by atoms with Crippen molar-refractivity contribution in [2.24, 2.45) is 0 Å². The molecule has 2 heteroatoms. The van der Waals surface area contributed by atoms with Crippen LogP contribution < -0.4 is 0 Å². The summed E-state index contributed by atoms with van der Waals surface area (Å²) >= 11 is 0. The monoisotopic (exact) mass is 331 g/mol. The Morgan fingerprint density at radius 3 is 2.72 bits per heavy atom. The molecule has 2 nitrogen and oxygen atoms in total. The van der Waals surface area contributed by atoms with Gasteiger partial charge in [0.05, 0.1) is 9.81 Å². The normalized spacial score (nSPS) is 19.4. The van der Waals surface area contributed by atoms with E-state index in [1.54, 1.807) is 0 Å². The van der Waals surface area contributed by atoms with Gasteiger partial charge in [-0.25, -0.2) is 0 Å². The molecule has 0 aliphatic heterocycles. The lowest BCUT2D eigenvalue weighted by molar-refractivity contribution is 0.443. The number of aromatic nitrogens is 1. The largest absolute Gasteiger partial charge is 0.456 e. The highest BCUT2D eigenvalue weighted by atomic mass is 16.3. The van der Waals surface area contributed by atoms with Crippen molar-refractivity contribution in [3.63, 3.8) is 0 Å². The Morgan fingerprint density at radius 1 is 0.960 bits per heavy atom. The maximum absolute atomic E-state index is 8.81. The van der Waals surface area contributed by atoms with Crippen molar-refractivity contribution < 1.29 is 9.90 Å². The average Bonchev–Trinajstić information content (AvgIpc) is 3.09. The second-order valence-electron chi connectivity index (χ2n) is 6.67. The fourth-order valence-corrected chi connectivity index (χ4v) is 3.70. The van der Waals surface area contributed by atoms with Gasteiger partial charge in [0.1, 0.15) is 11.2 Å². The molecule has 0 saturated heterocycles. The first-order valence-corrected chi connectivity index (χ1v) is 8.88. The van der Waals surface area contributed by atoms with Crippen LogP contribution in [0.1, 0.15) is 49.0 Å². The minimum absolute atomic E-state index is 0.0244. The number of hydrogen-bond donors (Lipinski definition) is 0. The first-order valence-electron chi connectivity index (χ1n) is 10.9. The van der Waals surface area contributed by atoms with Gasteiger partial charge in [0.15, 0.2) is 0 Å². The van der Waals surface area contributed by atoms with Crippen molar-refractivity contribution in [2.75, 3.05) is 0 Å². The summed E-state index contributed by atoms with van der Waals surface area (Å²) in [6, 6.07) is 13.4. The molecule has 1 saturated carbocycles. The van der Waals surface area contributed by atoms with Gasteiger partial charge in [0.25, 0.3) is 0 Å². The maximum atomic E-state index is 8.81. The van der Waals surface area contributed by atoms with Crippen molar-refractivity contribution in [2.45, 2.75) is 38.0 Å².